The molecule has 1 aliphatic carbocycles. The van der Waals surface area contributed by atoms with Gasteiger partial charge in [-0.1, -0.05) is 30.3 Å². The van der Waals surface area contributed by atoms with E-state index in [1.165, 1.54) is 34.6 Å². The first-order chi connectivity index (χ1) is 8.93. The van der Waals surface area contributed by atoms with E-state index in [0.29, 0.717) is 12.0 Å². The summed E-state index contributed by atoms with van der Waals surface area (Å²) in [7, 11) is 0. The van der Waals surface area contributed by atoms with Crippen LogP contribution in [0.15, 0.2) is 46.9 Å². The summed E-state index contributed by atoms with van der Waals surface area (Å²) in [5.41, 5.74) is 7.39. The first-order valence-corrected chi connectivity index (χ1v) is 7.26. The molecule has 1 N–H and O–H groups in total. The second-order valence-electron chi connectivity index (χ2n) is 4.92. The second kappa shape index (κ2) is 3.95. The Kier molecular flexibility index (Phi) is 2.27. The van der Waals surface area contributed by atoms with Crippen LogP contribution in [-0.2, 0) is 6.42 Å². The highest BCUT2D eigenvalue weighted by Crippen LogP contribution is 2.39. The van der Waals surface area contributed by atoms with Crippen molar-refractivity contribution in [2.24, 2.45) is 11.0 Å². The largest absolute Gasteiger partial charge is 0.301 e. The van der Waals surface area contributed by atoms with Crippen LogP contribution in [0.25, 0.3) is 0 Å². The van der Waals surface area contributed by atoms with Gasteiger partial charge in [0, 0.05) is 16.4 Å². The van der Waals surface area contributed by atoms with Gasteiger partial charge in [-0.3, -0.25) is 0 Å². The zero-order valence-corrected chi connectivity index (χ0v) is 10.8. The third-order valence-corrected chi connectivity index (χ3v) is 4.90. The van der Waals surface area contributed by atoms with Crippen molar-refractivity contribution in [2.45, 2.75) is 18.9 Å². The molecule has 2 nitrogen and oxygen atoms in total. The number of hydrazone groups is 1. The van der Waals surface area contributed by atoms with Gasteiger partial charge in [-0.2, -0.15) is 5.10 Å². The normalized spacial score (nSPS) is 25.0. The zero-order valence-electron chi connectivity index (χ0n) is 9.97. The van der Waals surface area contributed by atoms with Crippen LogP contribution < -0.4 is 5.43 Å². The molecule has 1 aromatic heterocycles. The van der Waals surface area contributed by atoms with Gasteiger partial charge in [0.2, 0.25) is 0 Å². The predicted octanol–water partition coefficient (Wildman–Crippen LogP) is 3.36. The number of rotatable bonds is 1. The lowest BCUT2D eigenvalue weighted by atomic mass is 9.79. The molecule has 4 rings (SSSR count). The molecule has 1 aliphatic heterocycles. The van der Waals surface area contributed by atoms with Gasteiger partial charge in [0.15, 0.2) is 0 Å². The van der Waals surface area contributed by atoms with Crippen LogP contribution in [0.4, 0.5) is 0 Å². The molecule has 2 atom stereocenters. The Bertz CT molecular complexity index is 601. The molecule has 0 saturated heterocycles. The van der Waals surface area contributed by atoms with Gasteiger partial charge in [-0.15, -0.1) is 11.3 Å². The van der Waals surface area contributed by atoms with Crippen molar-refractivity contribution < 1.29 is 0 Å². The fraction of sp³-hybridized carbons (Fsp3) is 0.267. The van der Waals surface area contributed by atoms with Gasteiger partial charge in [0.05, 0.1) is 11.8 Å². The summed E-state index contributed by atoms with van der Waals surface area (Å²) < 4.78 is 0. The van der Waals surface area contributed by atoms with Gasteiger partial charge in [0.1, 0.15) is 0 Å². The van der Waals surface area contributed by atoms with E-state index in [4.69, 9.17) is 0 Å². The van der Waals surface area contributed by atoms with E-state index in [9.17, 15) is 0 Å². The van der Waals surface area contributed by atoms with Gasteiger partial charge in [-0.25, -0.2) is 0 Å². The third kappa shape index (κ3) is 1.44. The summed E-state index contributed by atoms with van der Waals surface area (Å²) in [4.78, 5) is 1.40. The Labute approximate surface area is 110 Å². The van der Waals surface area contributed by atoms with Crippen molar-refractivity contribution in [2.75, 3.05) is 0 Å². The average Bonchev–Trinajstić information content (AvgIpc) is 3.07. The molecule has 18 heavy (non-hydrogen) atoms. The SMILES string of the molecule is c1csc(C2NN=C3c4ccccc4CCC32)c1. The minimum absolute atomic E-state index is 0.383. The molecule has 0 amide bonds. The van der Waals surface area contributed by atoms with Crippen LogP contribution in [-0.4, -0.2) is 5.71 Å². The van der Waals surface area contributed by atoms with E-state index < -0.39 is 0 Å². The molecule has 2 aliphatic rings. The second-order valence-corrected chi connectivity index (χ2v) is 5.90. The molecule has 0 fully saturated rings. The molecule has 3 heteroatoms. The maximum absolute atomic E-state index is 4.61. The molecule has 90 valence electrons. The van der Waals surface area contributed by atoms with Gasteiger partial charge < -0.3 is 5.43 Å². The Hall–Kier alpha value is -1.61. The highest BCUT2D eigenvalue weighted by Gasteiger charge is 2.37. The Morgan fingerprint density at radius 1 is 1.17 bits per heavy atom. The highest BCUT2D eigenvalue weighted by molar-refractivity contribution is 7.10. The molecule has 0 radical (unpaired) electrons. The number of nitrogens with one attached hydrogen (secondary N) is 1. The number of hydrogen-bond donors (Lipinski definition) is 1. The number of benzene rings is 1. The van der Waals surface area contributed by atoms with E-state index in [0.717, 1.165) is 0 Å². The maximum Gasteiger partial charge on any atom is 0.0866 e. The highest BCUT2D eigenvalue weighted by atomic mass is 32.1. The minimum Gasteiger partial charge on any atom is -0.301 e. The predicted molar refractivity (Wildman–Crippen MR) is 75.0 cm³/mol. The van der Waals surface area contributed by atoms with Crippen LogP contribution in [0.2, 0.25) is 0 Å². The summed E-state index contributed by atoms with van der Waals surface area (Å²) in [5, 5.41) is 6.75. The van der Waals surface area contributed by atoms with Crippen LogP contribution in [0.5, 0.6) is 0 Å². The third-order valence-electron chi connectivity index (χ3n) is 3.95. The Balaban J connectivity index is 1.74. The number of aryl methyl sites for hydroxylation is 1. The average molecular weight is 254 g/mol. The quantitative estimate of drug-likeness (QED) is 0.829. The maximum atomic E-state index is 4.61. The lowest BCUT2D eigenvalue weighted by Gasteiger charge is -2.25. The fourth-order valence-corrected chi connectivity index (χ4v) is 3.90. The molecule has 0 bridgehead atoms. The first kappa shape index (κ1) is 10.3. The summed E-state index contributed by atoms with van der Waals surface area (Å²) >= 11 is 1.82. The smallest absolute Gasteiger partial charge is 0.0866 e. The van der Waals surface area contributed by atoms with Crippen molar-refractivity contribution in [1.82, 2.24) is 5.43 Å². The number of hydrogen-bond acceptors (Lipinski definition) is 3. The van der Waals surface area contributed by atoms with Crippen molar-refractivity contribution in [3.8, 4) is 0 Å². The van der Waals surface area contributed by atoms with Crippen LogP contribution in [0, 0.1) is 5.92 Å². The van der Waals surface area contributed by atoms with Crippen molar-refractivity contribution in [1.29, 1.82) is 0 Å². The number of fused-ring (bicyclic) bond motifs is 3. The lowest BCUT2D eigenvalue weighted by Crippen LogP contribution is -2.26. The summed E-state index contributed by atoms with van der Waals surface area (Å²) in [6, 6.07) is 13.4. The minimum atomic E-state index is 0.383. The van der Waals surface area contributed by atoms with E-state index in [2.05, 4.69) is 52.3 Å². The molecule has 2 unspecified atom stereocenters. The summed E-state index contributed by atoms with van der Waals surface area (Å²) in [5.74, 6) is 0.540. The van der Waals surface area contributed by atoms with E-state index in [1.54, 1.807) is 0 Å². The zero-order chi connectivity index (χ0) is 11.9. The van der Waals surface area contributed by atoms with Crippen LogP contribution in [0.3, 0.4) is 0 Å². The first-order valence-electron chi connectivity index (χ1n) is 6.38. The van der Waals surface area contributed by atoms with Gasteiger partial charge in [-0.05, 0) is 29.9 Å². The van der Waals surface area contributed by atoms with E-state index in [-0.39, 0.29) is 0 Å². The Morgan fingerprint density at radius 3 is 3.00 bits per heavy atom. The molecule has 0 saturated carbocycles. The van der Waals surface area contributed by atoms with E-state index in [1.807, 2.05) is 11.3 Å². The number of thiophene rings is 1. The summed E-state index contributed by atoms with van der Waals surface area (Å²) in [6.45, 7) is 0. The topological polar surface area (TPSA) is 24.4 Å². The molecule has 2 aromatic rings. The molecular formula is C15H14N2S. The molecule has 2 heterocycles. The Morgan fingerprint density at radius 2 is 2.11 bits per heavy atom. The molecule has 1 aromatic carbocycles. The van der Waals surface area contributed by atoms with Gasteiger partial charge in [0.25, 0.3) is 0 Å². The fourth-order valence-electron chi connectivity index (χ4n) is 3.06. The van der Waals surface area contributed by atoms with Crippen LogP contribution >= 0.6 is 11.3 Å². The molecule has 0 spiro atoms. The van der Waals surface area contributed by atoms with Crippen molar-refractivity contribution in [3.05, 3.63) is 57.8 Å². The summed E-state index contributed by atoms with van der Waals surface area (Å²) in [6.07, 6.45) is 2.37. The van der Waals surface area contributed by atoms with Gasteiger partial charge >= 0.3 is 0 Å². The van der Waals surface area contributed by atoms with E-state index >= 15 is 0 Å². The number of nitrogens with zero attached hydrogens (tertiary/aromatic N) is 1. The van der Waals surface area contributed by atoms with Crippen LogP contribution in [0.1, 0.15) is 28.5 Å². The molecular weight excluding hydrogens is 240 g/mol. The monoisotopic (exact) mass is 254 g/mol. The van der Waals surface area contributed by atoms with Crippen molar-refractivity contribution >= 4 is 17.0 Å². The lowest BCUT2D eigenvalue weighted by molar-refractivity contribution is 0.473. The standard InChI is InChI=1S/C15H14N2S/c1-2-5-11-10(4-1)7-8-12-14(11)16-17-15(12)13-6-3-9-18-13/h1-6,9,12,15,17H,7-8H2. The van der Waals surface area contributed by atoms with Crippen molar-refractivity contribution in [3.63, 3.8) is 0 Å².